The Hall–Kier alpha value is -1.98. The Labute approximate surface area is 108 Å². The first kappa shape index (κ1) is 11.1. The predicted molar refractivity (Wildman–Crippen MR) is 68.1 cm³/mol. The third kappa shape index (κ3) is 2.05. The van der Waals surface area contributed by atoms with Gasteiger partial charge in [0.2, 0.25) is 5.89 Å². The standard InChI is InChI=1S/C13H10N2O2S/c16-11(10-7-4-8-18-10)13-15-14-12(17-13)9-5-2-1-3-6-9/h1-8,11,16H/t11-/m0/s1. The monoisotopic (exact) mass is 258 g/mol. The Morgan fingerprint density at radius 3 is 2.61 bits per heavy atom. The molecule has 0 aliphatic carbocycles. The molecule has 0 saturated carbocycles. The number of nitrogens with zero attached hydrogens (tertiary/aromatic N) is 2. The smallest absolute Gasteiger partial charge is 0.250 e. The van der Waals surface area contributed by atoms with Crippen LogP contribution in [0.5, 0.6) is 0 Å². The van der Waals surface area contributed by atoms with Gasteiger partial charge in [0.25, 0.3) is 5.89 Å². The van der Waals surface area contributed by atoms with E-state index in [2.05, 4.69) is 10.2 Å². The highest BCUT2D eigenvalue weighted by molar-refractivity contribution is 7.10. The van der Waals surface area contributed by atoms with Gasteiger partial charge in [-0.3, -0.25) is 0 Å². The molecule has 5 heteroatoms. The van der Waals surface area contributed by atoms with Crippen LogP contribution < -0.4 is 0 Å². The second-order valence-corrected chi connectivity index (χ2v) is 4.71. The Morgan fingerprint density at radius 1 is 1.06 bits per heavy atom. The van der Waals surface area contributed by atoms with Crippen molar-refractivity contribution >= 4 is 11.3 Å². The summed E-state index contributed by atoms with van der Waals surface area (Å²) in [5.74, 6) is 0.637. The van der Waals surface area contributed by atoms with Gasteiger partial charge < -0.3 is 9.52 Å². The van der Waals surface area contributed by atoms with Gasteiger partial charge in [-0.1, -0.05) is 24.3 Å². The Kier molecular flexibility index (Phi) is 2.92. The van der Waals surface area contributed by atoms with Crippen molar-refractivity contribution in [1.82, 2.24) is 10.2 Å². The molecule has 0 aliphatic heterocycles. The van der Waals surface area contributed by atoms with Crippen LogP contribution in [0.1, 0.15) is 16.9 Å². The van der Waals surface area contributed by atoms with Gasteiger partial charge >= 0.3 is 0 Å². The van der Waals surface area contributed by atoms with Crippen molar-refractivity contribution in [1.29, 1.82) is 0 Å². The summed E-state index contributed by atoms with van der Waals surface area (Å²) in [6.07, 6.45) is -0.852. The molecule has 1 N–H and O–H groups in total. The number of thiophene rings is 1. The van der Waals surface area contributed by atoms with Crippen molar-refractivity contribution < 1.29 is 9.52 Å². The SMILES string of the molecule is O[C@H](c1nnc(-c2ccccc2)o1)c1cccs1. The van der Waals surface area contributed by atoms with Gasteiger partial charge in [-0.15, -0.1) is 21.5 Å². The maximum absolute atomic E-state index is 10.1. The summed E-state index contributed by atoms with van der Waals surface area (Å²) < 4.78 is 5.49. The summed E-state index contributed by atoms with van der Waals surface area (Å²) in [5.41, 5.74) is 0.842. The van der Waals surface area contributed by atoms with E-state index in [0.29, 0.717) is 5.89 Å². The number of hydrogen-bond acceptors (Lipinski definition) is 5. The Bertz CT molecular complexity index is 620. The molecule has 1 atom stereocenters. The van der Waals surface area contributed by atoms with E-state index in [1.54, 1.807) is 0 Å². The van der Waals surface area contributed by atoms with Gasteiger partial charge in [0.05, 0.1) is 0 Å². The van der Waals surface area contributed by atoms with Crippen LogP contribution in [0.4, 0.5) is 0 Å². The van der Waals surface area contributed by atoms with Crippen LogP contribution in [-0.2, 0) is 0 Å². The zero-order valence-corrected chi connectivity index (χ0v) is 10.2. The zero-order valence-electron chi connectivity index (χ0n) is 9.35. The maximum atomic E-state index is 10.1. The third-order valence-corrected chi connectivity index (χ3v) is 3.43. The van der Waals surface area contributed by atoms with Crippen molar-refractivity contribution in [3.8, 4) is 11.5 Å². The van der Waals surface area contributed by atoms with Crippen LogP contribution in [0.3, 0.4) is 0 Å². The van der Waals surface area contributed by atoms with Gasteiger partial charge in [-0.05, 0) is 23.6 Å². The van der Waals surface area contributed by atoms with Crippen molar-refractivity contribution in [2.75, 3.05) is 0 Å². The molecule has 90 valence electrons. The first-order chi connectivity index (χ1) is 8.84. The maximum Gasteiger partial charge on any atom is 0.250 e. The molecular formula is C13H10N2O2S. The molecule has 0 amide bonds. The Balaban J connectivity index is 1.90. The van der Waals surface area contributed by atoms with E-state index in [9.17, 15) is 5.11 Å². The number of benzene rings is 1. The largest absolute Gasteiger partial charge is 0.417 e. The minimum Gasteiger partial charge on any atom is -0.417 e. The fraction of sp³-hybridized carbons (Fsp3) is 0.0769. The van der Waals surface area contributed by atoms with Crippen LogP contribution in [0, 0.1) is 0 Å². The second-order valence-electron chi connectivity index (χ2n) is 3.73. The van der Waals surface area contributed by atoms with Gasteiger partial charge in [0.15, 0.2) is 6.10 Å². The summed E-state index contributed by atoms with van der Waals surface area (Å²) in [5, 5.41) is 19.8. The second kappa shape index (κ2) is 4.72. The van der Waals surface area contributed by atoms with Gasteiger partial charge in [0.1, 0.15) is 0 Å². The number of rotatable bonds is 3. The lowest BCUT2D eigenvalue weighted by Crippen LogP contribution is -1.96. The first-order valence-corrected chi connectivity index (χ1v) is 6.33. The normalized spacial score (nSPS) is 12.5. The summed E-state index contributed by atoms with van der Waals surface area (Å²) in [7, 11) is 0. The van der Waals surface area contributed by atoms with Crippen LogP contribution in [-0.4, -0.2) is 15.3 Å². The molecule has 0 spiro atoms. The molecule has 0 saturated heterocycles. The molecule has 0 bridgehead atoms. The third-order valence-electron chi connectivity index (χ3n) is 2.51. The van der Waals surface area contributed by atoms with E-state index in [4.69, 9.17) is 4.42 Å². The van der Waals surface area contributed by atoms with Crippen LogP contribution in [0.15, 0.2) is 52.3 Å². The van der Waals surface area contributed by atoms with E-state index >= 15 is 0 Å². The molecule has 0 radical (unpaired) electrons. The van der Waals surface area contributed by atoms with E-state index in [0.717, 1.165) is 10.4 Å². The molecule has 3 aromatic rings. The number of aliphatic hydroxyl groups is 1. The molecule has 1 aromatic carbocycles. The summed E-state index contributed by atoms with van der Waals surface area (Å²) in [4.78, 5) is 0.790. The van der Waals surface area contributed by atoms with Gasteiger partial charge in [0, 0.05) is 10.4 Å². The van der Waals surface area contributed by atoms with E-state index in [1.807, 2.05) is 47.8 Å². The highest BCUT2D eigenvalue weighted by Crippen LogP contribution is 2.27. The minimum atomic E-state index is -0.852. The quantitative estimate of drug-likeness (QED) is 0.784. The van der Waals surface area contributed by atoms with E-state index in [-0.39, 0.29) is 5.89 Å². The average Bonchev–Trinajstić information content (AvgIpc) is 3.10. The van der Waals surface area contributed by atoms with Gasteiger partial charge in [-0.2, -0.15) is 0 Å². The van der Waals surface area contributed by atoms with Crippen LogP contribution in [0.2, 0.25) is 0 Å². The minimum absolute atomic E-state index is 0.219. The number of hydrogen-bond donors (Lipinski definition) is 1. The Morgan fingerprint density at radius 2 is 1.89 bits per heavy atom. The lowest BCUT2D eigenvalue weighted by molar-refractivity contribution is 0.187. The van der Waals surface area contributed by atoms with Gasteiger partial charge in [-0.25, -0.2) is 0 Å². The molecule has 3 rings (SSSR count). The predicted octanol–water partition coefficient (Wildman–Crippen LogP) is 2.88. The molecule has 0 unspecified atom stereocenters. The highest BCUT2D eigenvalue weighted by atomic mass is 32.1. The van der Waals surface area contributed by atoms with E-state index < -0.39 is 6.10 Å². The molecule has 2 aromatic heterocycles. The highest BCUT2D eigenvalue weighted by Gasteiger charge is 2.19. The number of aromatic nitrogens is 2. The lowest BCUT2D eigenvalue weighted by Gasteiger charge is -2.01. The zero-order chi connectivity index (χ0) is 12.4. The molecule has 0 fully saturated rings. The van der Waals surface area contributed by atoms with Crippen LogP contribution >= 0.6 is 11.3 Å². The molecular weight excluding hydrogens is 248 g/mol. The summed E-state index contributed by atoms with van der Waals surface area (Å²) in [6, 6.07) is 13.2. The van der Waals surface area contributed by atoms with Crippen molar-refractivity contribution in [3.63, 3.8) is 0 Å². The molecule has 4 nitrogen and oxygen atoms in total. The van der Waals surface area contributed by atoms with Crippen molar-refractivity contribution in [3.05, 3.63) is 58.6 Å². The topological polar surface area (TPSA) is 59.2 Å². The fourth-order valence-corrected chi connectivity index (χ4v) is 2.31. The number of aliphatic hydroxyl groups excluding tert-OH is 1. The molecule has 18 heavy (non-hydrogen) atoms. The first-order valence-electron chi connectivity index (χ1n) is 5.45. The molecule has 2 heterocycles. The van der Waals surface area contributed by atoms with Crippen molar-refractivity contribution in [2.24, 2.45) is 0 Å². The average molecular weight is 258 g/mol. The lowest BCUT2D eigenvalue weighted by atomic mass is 10.2. The summed E-state index contributed by atoms with van der Waals surface area (Å²) >= 11 is 1.45. The fourth-order valence-electron chi connectivity index (χ4n) is 1.61. The summed E-state index contributed by atoms with van der Waals surface area (Å²) in [6.45, 7) is 0. The van der Waals surface area contributed by atoms with Crippen LogP contribution in [0.25, 0.3) is 11.5 Å². The van der Waals surface area contributed by atoms with Crippen molar-refractivity contribution in [2.45, 2.75) is 6.10 Å². The van der Waals surface area contributed by atoms with E-state index in [1.165, 1.54) is 11.3 Å². The molecule has 0 aliphatic rings.